The van der Waals surface area contributed by atoms with E-state index in [2.05, 4.69) is 10.4 Å². The third-order valence-corrected chi connectivity index (χ3v) is 4.38. The van der Waals surface area contributed by atoms with Crippen molar-refractivity contribution in [1.82, 2.24) is 15.1 Å². The van der Waals surface area contributed by atoms with E-state index in [0.717, 1.165) is 16.1 Å². The van der Waals surface area contributed by atoms with E-state index < -0.39 is 0 Å². The van der Waals surface area contributed by atoms with Crippen LogP contribution in [0.15, 0.2) is 28.4 Å². The summed E-state index contributed by atoms with van der Waals surface area (Å²) < 4.78 is 6.58. The molecule has 0 unspecified atom stereocenters. The first kappa shape index (κ1) is 14.4. The van der Waals surface area contributed by atoms with Crippen molar-refractivity contribution in [3.05, 3.63) is 39.5 Å². The van der Waals surface area contributed by atoms with Crippen LogP contribution in [0.1, 0.15) is 18.4 Å². The summed E-state index contributed by atoms with van der Waals surface area (Å²) in [5, 5.41) is 9.88. The van der Waals surface area contributed by atoms with E-state index in [1.807, 2.05) is 23.6 Å². The predicted molar refractivity (Wildman–Crippen MR) is 83.5 cm³/mol. The lowest BCUT2D eigenvalue weighted by atomic mass is 10.2. The Kier molecular flexibility index (Phi) is 4.48. The molecule has 0 aliphatic heterocycles. The zero-order valence-electron chi connectivity index (χ0n) is 12.0. The third-order valence-electron chi connectivity index (χ3n) is 3.49. The number of nitrogens with one attached hydrogen (secondary N) is 1. The fraction of sp³-hybridized carbons (Fsp3) is 0.467. The molecule has 0 saturated heterocycles. The highest BCUT2D eigenvalue weighted by molar-refractivity contribution is 7.13. The fourth-order valence-corrected chi connectivity index (χ4v) is 2.82. The van der Waals surface area contributed by atoms with Crippen LogP contribution in [0.25, 0.3) is 10.6 Å². The molecule has 1 saturated carbocycles. The van der Waals surface area contributed by atoms with Gasteiger partial charge in [0.15, 0.2) is 0 Å². The molecular weight excluding hydrogens is 286 g/mol. The molecule has 1 N–H and O–H groups in total. The topological polar surface area (TPSA) is 56.1 Å². The van der Waals surface area contributed by atoms with Crippen molar-refractivity contribution in [3.63, 3.8) is 0 Å². The highest BCUT2D eigenvalue weighted by atomic mass is 32.1. The molecule has 6 heteroatoms. The molecular formula is C15H19N3O2S. The zero-order valence-corrected chi connectivity index (χ0v) is 12.9. The molecule has 1 aliphatic rings. The number of aromatic nitrogens is 2. The van der Waals surface area contributed by atoms with Crippen LogP contribution in [0.4, 0.5) is 0 Å². The van der Waals surface area contributed by atoms with Gasteiger partial charge < -0.3 is 10.1 Å². The molecule has 5 nitrogen and oxygen atoms in total. The van der Waals surface area contributed by atoms with Crippen molar-refractivity contribution >= 4 is 11.3 Å². The molecule has 2 aromatic rings. The SMILES string of the molecule is COCCn1nc(-c2cccs2)cc(CNC2CC2)c1=O. The first-order valence-corrected chi connectivity index (χ1v) is 8.03. The predicted octanol–water partition coefficient (Wildman–Crippen LogP) is 1.87. The summed E-state index contributed by atoms with van der Waals surface area (Å²) >= 11 is 1.63. The fourth-order valence-electron chi connectivity index (χ4n) is 2.14. The molecule has 112 valence electrons. The van der Waals surface area contributed by atoms with Gasteiger partial charge in [-0.3, -0.25) is 4.79 Å². The van der Waals surface area contributed by atoms with Crippen molar-refractivity contribution in [2.75, 3.05) is 13.7 Å². The number of hydrogen-bond acceptors (Lipinski definition) is 5. The Hall–Kier alpha value is -1.50. The summed E-state index contributed by atoms with van der Waals surface area (Å²) in [5.74, 6) is 0. The lowest BCUT2D eigenvalue weighted by molar-refractivity contribution is 0.182. The number of thiophene rings is 1. The number of ether oxygens (including phenoxy) is 1. The zero-order chi connectivity index (χ0) is 14.7. The van der Waals surface area contributed by atoms with Gasteiger partial charge in [-0.1, -0.05) is 6.07 Å². The van der Waals surface area contributed by atoms with Gasteiger partial charge in [-0.25, -0.2) is 4.68 Å². The van der Waals surface area contributed by atoms with E-state index in [0.29, 0.717) is 25.7 Å². The number of hydrogen-bond donors (Lipinski definition) is 1. The molecule has 3 rings (SSSR count). The molecule has 21 heavy (non-hydrogen) atoms. The van der Waals surface area contributed by atoms with E-state index in [-0.39, 0.29) is 5.56 Å². The summed E-state index contributed by atoms with van der Waals surface area (Å²) in [6, 6.07) is 6.51. The van der Waals surface area contributed by atoms with E-state index in [1.165, 1.54) is 17.5 Å². The summed E-state index contributed by atoms with van der Waals surface area (Å²) in [6.45, 7) is 1.57. The van der Waals surface area contributed by atoms with Crippen molar-refractivity contribution in [2.24, 2.45) is 0 Å². The van der Waals surface area contributed by atoms with Crippen molar-refractivity contribution in [1.29, 1.82) is 0 Å². The lowest BCUT2D eigenvalue weighted by Crippen LogP contribution is -2.31. The average Bonchev–Trinajstić information content (AvgIpc) is 3.16. The Morgan fingerprint density at radius 3 is 3.05 bits per heavy atom. The minimum Gasteiger partial charge on any atom is -0.383 e. The molecule has 1 aliphatic carbocycles. The van der Waals surface area contributed by atoms with Crippen molar-refractivity contribution in [3.8, 4) is 10.6 Å². The maximum Gasteiger partial charge on any atom is 0.271 e. The van der Waals surface area contributed by atoms with Gasteiger partial charge in [-0.2, -0.15) is 5.10 Å². The monoisotopic (exact) mass is 305 g/mol. The molecule has 0 spiro atoms. The summed E-state index contributed by atoms with van der Waals surface area (Å²) in [5.41, 5.74) is 1.60. The minimum absolute atomic E-state index is 0.0273. The van der Waals surface area contributed by atoms with Gasteiger partial charge in [0.1, 0.15) is 5.69 Å². The van der Waals surface area contributed by atoms with Crippen LogP contribution < -0.4 is 10.9 Å². The van der Waals surface area contributed by atoms with Gasteiger partial charge in [-0.15, -0.1) is 11.3 Å². The van der Waals surface area contributed by atoms with Crippen molar-refractivity contribution < 1.29 is 4.74 Å². The second kappa shape index (κ2) is 6.51. The van der Waals surface area contributed by atoms with Crippen LogP contribution in [0, 0.1) is 0 Å². The van der Waals surface area contributed by atoms with E-state index >= 15 is 0 Å². The third kappa shape index (κ3) is 3.58. The second-order valence-electron chi connectivity index (χ2n) is 5.21. The molecule has 0 aromatic carbocycles. The lowest BCUT2D eigenvalue weighted by Gasteiger charge is -2.10. The summed E-state index contributed by atoms with van der Waals surface area (Å²) in [7, 11) is 1.63. The van der Waals surface area contributed by atoms with Gasteiger partial charge in [0.25, 0.3) is 5.56 Å². The van der Waals surface area contributed by atoms with Crippen LogP contribution in [0.3, 0.4) is 0 Å². The quantitative estimate of drug-likeness (QED) is 0.848. The van der Waals surface area contributed by atoms with Crippen LogP contribution in [-0.2, 0) is 17.8 Å². The van der Waals surface area contributed by atoms with Crippen LogP contribution in [0.5, 0.6) is 0 Å². The Morgan fingerprint density at radius 1 is 1.52 bits per heavy atom. The molecule has 0 amide bonds. The molecule has 0 bridgehead atoms. The second-order valence-corrected chi connectivity index (χ2v) is 6.16. The minimum atomic E-state index is -0.0273. The summed E-state index contributed by atoms with van der Waals surface area (Å²) in [4.78, 5) is 13.5. The Labute approximate surface area is 127 Å². The normalized spacial score (nSPS) is 14.5. The Morgan fingerprint density at radius 2 is 2.38 bits per heavy atom. The van der Waals surface area contributed by atoms with Crippen LogP contribution in [-0.4, -0.2) is 29.5 Å². The Bertz CT molecular complexity index is 647. The molecule has 1 fully saturated rings. The maximum absolute atomic E-state index is 12.4. The standard InChI is InChI=1S/C15H19N3O2S/c1-20-7-6-18-15(19)11(10-16-12-4-5-12)9-13(17-18)14-3-2-8-21-14/h2-3,8-9,12,16H,4-7,10H2,1H3. The molecule has 2 aromatic heterocycles. The smallest absolute Gasteiger partial charge is 0.271 e. The molecule has 0 atom stereocenters. The van der Waals surface area contributed by atoms with Gasteiger partial charge >= 0.3 is 0 Å². The first-order chi connectivity index (χ1) is 10.3. The van der Waals surface area contributed by atoms with Crippen LogP contribution in [0.2, 0.25) is 0 Å². The van der Waals surface area contributed by atoms with E-state index in [1.54, 1.807) is 18.4 Å². The average molecular weight is 305 g/mol. The van der Waals surface area contributed by atoms with Gasteiger partial charge in [0.05, 0.1) is 18.0 Å². The summed E-state index contributed by atoms with van der Waals surface area (Å²) in [6.07, 6.45) is 2.42. The molecule has 2 heterocycles. The molecule has 0 radical (unpaired) electrons. The van der Waals surface area contributed by atoms with Crippen molar-refractivity contribution in [2.45, 2.75) is 32.0 Å². The van der Waals surface area contributed by atoms with Crippen LogP contribution >= 0.6 is 11.3 Å². The number of methoxy groups -OCH3 is 1. The Balaban J connectivity index is 1.91. The van der Waals surface area contributed by atoms with E-state index in [4.69, 9.17) is 4.74 Å². The van der Waals surface area contributed by atoms with E-state index in [9.17, 15) is 4.79 Å². The first-order valence-electron chi connectivity index (χ1n) is 7.15. The largest absolute Gasteiger partial charge is 0.383 e. The highest BCUT2D eigenvalue weighted by Gasteiger charge is 2.21. The number of nitrogens with zero attached hydrogens (tertiary/aromatic N) is 2. The highest BCUT2D eigenvalue weighted by Crippen LogP contribution is 2.23. The number of rotatable bonds is 7. The van der Waals surface area contributed by atoms with Gasteiger partial charge in [-0.05, 0) is 30.4 Å². The van der Waals surface area contributed by atoms with Gasteiger partial charge in [0.2, 0.25) is 0 Å². The maximum atomic E-state index is 12.4. The van der Waals surface area contributed by atoms with Gasteiger partial charge in [0, 0.05) is 25.3 Å².